The molecule has 0 unspecified atom stereocenters. The van der Waals surface area contributed by atoms with E-state index in [0.29, 0.717) is 6.54 Å². The molecule has 0 atom stereocenters. The molecule has 5 rings (SSSR count). The van der Waals surface area contributed by atoms with E-state index >= 15 is 0 Å². The Morgan fingerprint density at radius 1 is 1.06 bits per heavy atom. The summed E-state index contributed by atoms with van der Waals surface area (Å²) in [5.74, 6) is 0.753. The van der Waals surface area contributed by atoms with Gasteiger partial charge < -0.3 is 20.3 Å². The summed E-state index contributed by atoms with van der Waals surface area (Å²) in [6.45, 7) is 3.88. The summed E-state index contributed by atoms with van der Waals surface area (Å²) in [5, 5.41) is 6.76. The van der Waals surface area contributed by atoms with Gasteiger partial charge in [-0.3, -0.25) is 0 Å². The van der Waals surface area contributed by atoms with Crippen LogP contribution in [-0.2, 0) is 21.1 Å². The Morgan fingerprint density at radius 2 is 1.88 bits per heavy atom. The predicted octanol–water partition coefficient (Wildman–Crippen LogP) is 3.81. The van der Waals surface area contributed by atoms with E-state index in [1.165, 1.54) is 6.26 Å². The lowest BCUT2D eigenvalue weighted by atomic mass is 10.0. The van der Waals surface area contributed by atoms with E-state index in [0.717, 1.165) is 65.9 Å². The van der Waals surface area contributed by atoms with Gasteiger partial charge in [0, 0.05) is 48.4 Å². The van der Waals surface area contributed by atoms with Crippen molar-refractivity contribution in [2.45, 2.75) is 11.4 Å². The second-order valence-electron chi connectivity index (χ2n) is 8.21. The molecule has 1 aromatic heterocycles. The average molecular weight is 463 g/mol. The fraction of sp³-hybridized carbons (Fsp3) is 0.240. The van der Waals surface area contributed by atoms with Crippen LogP contribution in [0, 0.1) is 0 Å². The normalized spacial score (nSPS) is 15.6. The Balaban J connectivity index is 1.53. The van der Waals surface area contributed by atoms with Crippen LogP contribution < -0.4 is 15.5 Å². The monoisotopic (exact) mass is 462 g/mol. The fourth-order valence-corrected chi connectivity index (χ4v) is 4.78. The van der Waals surface area contributed by atoms with E-state index in [-0.39, 0.29) is 4.90 Å². The standard InChI is InChI=1S/C25H26N4O3S/c1-33(30,31)22-7-2-4-19(14-22)24-15-18-8-9-26-17-23(18)25(28-24)27-20-5-3-6-21(16-20)29-10-12-32-13-11-29/h2-9,14-16,26H,10-13,17H2,1H3,(H,27,28). The summed E-state index contributed by atoms with van der Waals surface area (Å²) in [4.78, 5) is 7.50. The summed E-state index contributed by atoms with van der Waals surface area (Å²) in [6, 6.07) is 17.2. The number of hydrogen-bond acceptors (Lipinski definition) is 7. The van der Waals surface area contributed by atoms with Crippen molar-refractivity contribution in [3.8, 4) is 11.3 Å². The number of pyridine rings is 1. The maximum atomic E-state index is 12.1. The molecule has 0 spiro atoms. The van der Waals surface area contributed by atoms with Crippen molar-refractivity contribution in [1.29, 1.82) is 0 Å². The van der Waals surface area contributed by atoms with Crippen molar-refractivity contribution >= 4 is 33.1 Å². The molecule has 1 fully saturated rings. The van der Waals surface area contributed by atoms with Crippen molar-refractivity contribution in [1.82, 2.24) is 10.3 Å². The van der Waals surface area contributed by atoms with Crippen LogP contribution in [0.2, 0.25) is 0 Å². The molecule has 1 saturated heterocycles. The Bertz CT molecular complexity index is 1310. The number of nitrogens with zero attached hydrogens (tertiary/aromatic N) is 2. The molecule has 0 amide bonds. The van der Waals surface area contributed by atoms with Gasteiger partial charge in [0.1, 0.15) is 5.82 Å². The zero-order valence-corrected chi connectivity index (χ0v) is 19.2. The Labute approximate surface area is 194 Å². The minimum absolute atomic E-state index is 0.282. The highest BCUT2D eigenvalue weighted by Gasteiger charge is 2.17. The number of morpholine rings is 1. The highest BCUT2D eigenvalue weighted by Crippen LogP contribution is 2.32. The van der Waals surface area contributed by atoms with E-state index in [1.807, 2.05) is 36.5 Å². The third kappa shape index (κ3) is 4.72. The molecule has 0 saturated carbocycles. The largest absolute Gasteiger partial charge is 0.387 e. The first-order valence-electron chi connectivity index (χ1n) is 10.9. The van der Waals surface area contributed by atoms with Crippen molar-refractivity contribution in [3.05, 3.63) is 71.9 Å². The Morgan fingerprint density at radius 3 is 2.70 bits per heavy atom. The van der Waals surface area contributed by atoms with Crippen LogP contribution in [-0.4, -0.2) is 46.0 Å². The maximum absolute atomic E-state index is 12.1. The molecule has 7 nitrogen and oxygen atoms in total. The first kappa shape index (κ1) is 21.5. The number of rotatable bonds is 5. The van der Waals surface area contributed by atoms with E-state index in [2.05, 4.69) is 27.7 Å². The van der Waals surface area contributed by atoms with Gasteiger partial charge in [-0.15, -0.1) is 0 Å². The molecule has 170 valence electrons. The second kappa shape index (κ2) is 8.88. The number of sulfone groups is 1. The summed E-state index contributed by atoms with van der Waals surface area (Å²) < 4.78 is 29.6. The zero-order valence-electron chi connectivity index (χ0n) is 18.4. The SMILES string of the molecule is CS(=O)(=O)c1cccc(-c2cc3c(c(Nc4cccc(N5CCOCC5)c4)n2)CNC=C3)c1. The van der Waals surface area contributed by atoms with Crippen LogP contribution in [0.25, 0.3) is 17.3 Å². The summed E-state index contributed by atoms with van der Waals surface area (Å²) in [7, 11) is -3.31. The minimum atomic E-state index is -3.31. The van der Waals surface area contributed by atoms with Gasteiger partial charge in [-0.2, -0.15) is 0 Å². The molecular weight excluding hydrogens is 436 g/mol. The molecule has 2 aliphatic rings. The summed E-state index contributed by atoms with van der Waals surface area (Å²) >= 11 is 0. The van der Waals surface area contributed by atoms with E-state index < -0.39 is 9.84 Å². The zero-order chi connectivity index (χ0) is 22.8. The first-order valence-corrected chi connectivity index (χ1v) is 12.8. The van der Waals surface area contributed by atoms with Gasteiger partial charge in [-0.1, -0.05) is 18.2 Å². The molecule has 0 bridgehead atoms. The molecule has 2 N–H and O–H groups in total. The van der Waals surface area contributed by atoms with E-state index in [9.17, 15) is 8.42 Å². The van der Waals surface area contributed by atoms with Gasteiger partial charge in [0.05, 0.1) is 23.8 Å². The quantitative estimate of drug-likeness (QED) is 0.597. The average Bonchev–Trinajstić information content (AvgIpc) is 2.84. The first-order chi connectivity index (χ1) is 16.0. The van der Waals surface area contributed by atoms with Gasteiger partial charge in [-0.25, -0.2) is 13.4 Å². The number of hydrogen-bond donors (Lipinski definition) is 2. The number of aromatic nitrogens is 1. The molecule has 8 heteroatoms. The van der Waals surface area contributed by atoms with Gasteiger partial charge >= 0.3 is 0 Å². The minimum Gasteiger partial charge on any atom is -0.387 e. The van der Waals surface area contributed by atoms with Crippen molar-refractivity contribution < 1.29 is 13.2 Å². The van der Waals surface area contributed by atoms with Gasteiger partial charge in [-0.05, 0) is 54.2 Å². The number of fused-ring (bicyclic) bond motifs is 1. The summed E-state index contributed by atoms with van der Waals surface area (Å²) in [6.07, 6.45) is 5.15. The Kier molecular flexibility index (Phi) is 5.78. The third-order valence-corrected chi connectivity index (χ3v) is 6.97. The van der Waals surface area contributed by atoms with Crippen molar-refractivity contribution in [2.75, 3.05) is 42.8 Å². The smallest absolute Gasteiger partial charge is 0.175 e. The fourth-order valence-electron chi connectivity index (χ4n) is 4.11. The van der Waals surface area contributed by atoms with Crippen LogP contribution in [0.1, 0.15) is 11.1 Å². The highest BCUT2D eigenvalue weighted by atomic mass is 32.2. The third-order valence-electron chi connectivity index (χ3n) is 5.86. The lowest BCUT2D eigenvalue weighted by Gasteiger charge is -2.29. The number of anilines is 3. The van der Waals surface area contributed by atoms with Crippen LogP contribution in [0.3, 0.4) is 0 Å². The number of nitrogens with one attached hydrogen (secondary N) is 2. The van der Waals surface area contributed by atoms with Crippen LogP contribution in [0.5, 0.6) is 0 Å². The molecule has 2 aliphatic heterocycles. The van der Waals surface area contributed by atoms with Crippen LogP contribution in [0.15, 0.2) is 65.7 Å². The van der Waals surface area contributed by atoms with Crippen molar-refractivity contribution in [2.24, 2.45) is 0 Å². The highest BCUT2D eigenvalue weighted by molar-refractivity contribution is 7.90. The molecule has 3 aromatic rings. The molecule has 33 heavy (non-hydrogen) atoms. The summed E-state index contributed by atoms with van der Waals surface area (Å²) in [5.41, 5.74) is 5.69. The lowest BCUT2D eigenvalue weighted by Crippen LogP contribution is -2.36. The number of ether oxygens (including phenoxy) is 1. The predicted molar refractivity (Wildman–Crippen MR) is 131 cm³/mol. The van der Waals surface area contributed by atoms with Gasteiger partial charge in [0.25, 0.3) is 0 Å². The molecule has 0 radical (unpaired) electrons. The molecular formula is C25H26N4O3S. The van der Waals surface area contributed by atoms with Crippen LogP contribution in [0.4, 0.5) is 17.2 Å². The lowest BCUT2D eigenvalue weighted by molar-refractivity contribution is 0.122. The molecule has 3 heterocycles. The maximum Gasteiger partial charge on any atom is 0.175 e. The second-order valence-corrected chi connectivity index (χ2v) is 10.2. The van der Waals surface area contributed by atoms with E-state index in [1.54, 1.807) is 18.2 Å². The van der Waals surface area contributed by atoms with Gasteiger partial charge in [0.15, 0.2) is 9.84 Å². The Hall–Kier alpha value is -3.36. The topological polar surface area (TPSA) is 83.6 Å². The van der Waals surface area contributed by atoms with Gasteiger partial charge in [0.2, 0.25) is 0 Å². The van der Waals surface area contributed by atoms with Crippen LogP contribution >= 0.6 is 0 Å². The van der Waals surface area contributed by atoms with E-state index in [4.69, 9.17) is 9.72 Å². The molecule has 2 aromatic carbocycles. The number of benzene rings is 2. The molecule has 0 aliphatic carbocycles. The van der Waals surface area contributed by atoms with Crippen molar-refractivity contribution in [3.63, 3.8) is 0 Å².